The van der Waals surface area contributed by atoms with Crippen LogP contribution in [0.2, 0.25) is 0 Å². The van der Waals surface area contributed by atoms with Gasteiger partial charge in [-0.05, 0) is 37.1 Å². The molecule has 0 radical (unpaired) electrons. The Bertz CT molecular complexity index is 464. The first-order chi connectivity index (χ1) is 7.50. The monoisotopic (exact) mass is 218 g/mol. The molecule has 2 N–H and O–H groups in total. The second kappa shape index (κ2) is 3.63. The Morgan fingerprint density at radius 3 is 2.19 bits per heavy atom. The van der Waals surface area contributed by atoms with Gasteiger partial charge in [0.15, 0.2) is 0 Å². The minimum atomic E-state index is -0.128. The number of benzene rings is 1. The van der Waals surface area contributed by atoms with Crippen molar-refractivity contribution in [2.24, 2.45) is 0 Å². The summed E-state index contributed by atoms with van der Waals surface area (Å²) in [6.07, 6.45) is 0.614. The van der Waals surface area contributed by atoms with Gasteiger partial charge in [0.25, 0.3) is 0 Å². The van der Waals surface area contributed by atoms with Crippen molar-refractivity contribution < 1.29 is 9.59 Å². The molecule has 1 aromatic rings. The third-order valence-corrected chi connectivity index (χ3v) is 2.88. The summed E-state index contributed by atoms with van der Waals surface area (Å²) in [7, 11) is 0. The number of amides is 2. The van der Waals surface area contributed by atoms with Crippen LogP contribution in [0, 0.1) is 13.8 Å². The van der Waals surface area contributed by atoms with Crippen molar-refractivity contribution in [2.75, 3.05) is 10.6 Å². The van der Waals surface area contributed by atoms with E-state index in [1.807, 2.05) is 13.8 Å². The number of aryl methyl sites for hydroxylation is 2. The van der Waals surface area contributed by atoms with E-state index in [9.17, 15) is 9.59 Å². The van der Waals surface area contributed by atoms with E-state index >= 15 is 0 Å². The summed E-state index contributed by atoms with van der Waals surface area (Å²) >= 11 is 0. The molecule has 2 amide bonds. The predicted molar refractivity (Wildman–Crippen MR) is 62.1 cm³/mol. The van der Waals surface area contributed by atoms with Gasteiger partial charge in [0, 0.05) is 18.5 Å². The minimum absolute atomic E-state index is 0.128. The third kappa shape index (κ3) is 1.56. The lowest BCUT2D eigenvalue weighted by atomic mass is 10.1. The molecule has 0 bridgehead atoms. The van der Waals surface area contributed by atoms with Gasteiger partial charge in [0.2, 0.25) is 11.8 Å². The Morgan fingerprint density at radius 1 is 1.06 bits per heavy atom. The Morgan fingerprint density at radius 2 is 1.62 bits per heavy atom. The summed E-state index contributed by atoms with van der Waals surface area (Å²) in [5.74, 6) is -0.255. The number of anilines is 2. The minimum Gasteiger partial charge on any atom is -0.399 e. The maximum Gasteiger partial charge on any atom is 0.234 e. The molecular weight excluding hydrogens is 204 g/mol. The Labute approximate surface area is 94.0 Å². The van der Waals surface area contributed by atoms with Crippen LogP contribution in [0.5, 0.6) is 0 Å². The maximum absolute atomic E-state index is 11.6. The summed E-state index contributed by atoms with van der Waals surface area (Å²) < 4.78 is 0. The lowest BCUT2D eigenvalue weighted by molar-refractivity contribution is -0.121. The van der Waals surface area contributed by atoms with Gasteiger partial charge in [-0.3, -0.25) is 14.5 Å². The summed E-state index contributed by atoms with van der Waals surface area (Å²) in [6.45, 7) is 3.72. The lowest BCUT2D eigenvalue weighted by Gasteiger charge is -2.18. The largest absolute Gasteiger partial charge is 0.399 e. The van der Waals surface area contributed by atoms with Gasteiger partial charge >= 0.3 is 0 Å². The molecular formula is C12H14N2O2. The number of nitrogen functional groups attached to an aromatic ring is 1. The van der Waals surface area contributed by atoms with E-state index in [0.717, 1.165) is 11.1 Å². The maximum atomic E-state index is 11.6. The zero-order valence-electron chi connectivity index (χ0n) is 9.41. The molecule has 1 fully saturated rings. The Kier molecular flexibility index (Phi) is 2.42. The first kappa shape index (κ1) is 10.7. The van der Waals surface area contributed by atoms with Crippen molar-refractivity contribution in [3.8, 4) is 0 Å². The van der Waals surface area contributed by atoms with Crippen LogP contribution in [0.25, 0.3) is 0 Å². The molecule has 1 heterocycles. The van der Waals surface area contributed by atoms with Gasteiger partial charge in [0.1, 0.15) is 0 Å². The van der Waals surface area contributed by atoms with Crippen LogP contribution in [0.4, 0.5) is 11.4 Å². The molecule has 1 saturated heterocycles. The number of carbonyl (C=O) groups is 2. The fourth-order valence-corrected chi connectivity index (χ4v) is 1.91. The molecule has 0 saturated carbocycles. The molecule has 4 nitrogen and oxygen atoms in total. The molecule has 16 heavy (non-hydrogen) atoms. The van der Waals surface area contributed by atoms with E-state index in [1.54, 1.807) is 12.1 Å². The molecule has 1 aliphatic rings. The van der Waals surface area contributed by atoms with Crippen LogP contribution in [0.15, 0.2) is 12.1 Å². The molecule has 2 rings (SSSR count). The Hall–Kier alpha value is -1.84. The van der Waals surface area contributed by atoms with E-state index in [-0.39, 0.29) is 11.8 Å². The molecule has 1 aromatic carbocycles. The summed E-state index contributed by atoms with van der Waals surface area (Å²) in [5.41, 5.74) is 8.85. The van der Waals surface area contributed by atoms with Gasteiger partial charge in [-0.2, -0.15) is 0 Å². The van der Waals surface area contributed by atoms with Crippen LogP contribution in [-0.2, 0) is 9.59 Å². The topological polar surface area (TPSA) is 63.4 Å². The smallest absolute Gasteiger partial charge is 0.234 e. The zero-order chi connectivity index (χ0) is 11.9. The number of nitrogens with zero attached hydrogens (tertiary/aromatic N) is 1. The van der Waals surface area contributed by atoms with E-state index < -0.39 is 0 Å². The van der Waals surface area contributed by atoms with Crippen molar-refractivity contribution >= 4 is 23.2 Å². The van der Waals surface area contributed by atoms with Crippen LogP contribution >= 0.6 is 0 Å². The molecule has 0 spiro atoms. The molecule has 0 aromatic heterocycles. The highest BCUT2D eigenvalue weighted by molar-refractivity contribution is 6.20. The van der Waals surface area contributed by atoms with E-state index in [0.29, 0.717) is 24.2 Å². The number of imide groups is 1. The van der Waals surface area contributed by atoms with Crippen molar-refractivity contribution in [3.05, 3.63) is 23.3 Å². The third-order valence-electron chi connectivity index (χ3n) is 2.88. The van der Waals surface area contributed by atoms with Gasteiger partial charge < -0.3 is 5.73 Å². The van der Waals surface area contributed by atoms with Crippen LogP contribution in [-0.4, -0.2) is 11.8 Å². The van der Waals surface area contributed by atoms with Crippen molar-refractivity contribution in [2.45, 2.75) is 26.7 Å². The quantitative estimate of drug-likeness (QED) is 0.574. The molecule has 0 unspecified atom stereocenters. The second-order valence-electron chi connectivity index (χ2n) is 4.12. The van der Waals surface area contributed by atoms with Crippen molar-refractivity contribution in [3.63, 3.8) is 0 Å². The van der Waals surface area contributed by atoms with E-state index in [1.165, 1.54) is 4.90 Å². The number of rotatable bonds is 1. The average molecular weight is 218 g/mol. The summed E-state index contributed by atoms with van der Waals surface area (Å²) in [6, 6.07) is 3.59. The summed E-state index contributed by atoms with van der Waals surface area (Å²) in [5, 5.41) is 0. The van der Waals surface area contributed by atoms with Gasteiger partial charge in [-0.25, -0.2) is 0 Å². The van der Waals surface area contributed by atoms with Gasteiger partial charge in [-0.1, -0.05) is 0 Å². The molecule has 4 heteroatoms. The molecule has 0 atom stereocenters. The molecule has 1 aliphatic heterocycles. The SMILES string of the molecule is Cc1cc(N2C(=O)CCC2=O)c(C)cc1N. The second-order valence-corrected chi connectivity index (χ2v) is 4.12. The number of nitrogens with two attached hydrogens (primary N) is 1. The number of carbonyl (C=O) groups excluding carboxylic acids is 2. The van der Waals surface area contributed by atoms with E-state index in [2.05, 4.69) is 0 Å². The van der Waals surface area contributed by atoms with Crippen LogP contribution < -0.4 is 10.6 Å². The normalized spacial score (nSPS) is 16.0. The fraction of sp³-hybridized carbons (Fsp3) is 0.333. The first-order valence-corrected chi connectivity index (χ1v) is 5.23. The van der Waals surface area contributed by atoms with Crippen LogP contribution in [0.3, 0.4) is 0 Å². The van der Waals surface area contributed by atoms with Gasteiger partial charge in [-0.15, -0.1) is 0 Å². The lowest BCUT2D eigenvalue weighted by Crippen LogP contribution is -2.29. The zero-order valence-corrected chi connectivity index (χ0v) is 9.41. The number of hydrogen-bond acceptors (Lipinski definition) is 3. The summed E-state index contributed by atoms with van der Waals surface area (Å²) in [4.78, 5) is 24.5. The van der Waals surface area contributed by atoms with Crippen LogP contribution in [0.1, 0.15) is 24.0 Å². The first-order valence-electron chi connectivity index (χ1n) is 5.23. The highest BCUT2D eigenvalue weighted by atomic mass is 16.2. The predicted octanol–water partition coefficient (Wildman–Crippen LogP) is 1.54. The van der Waals surface area contributed by atoms with Gasteiger partial charge in [0.05, 0.1) is 5.69 Å². The number of hydrogen-bond donors (Lipinski definition) is 1. The standard InChI is InChI=1S/C12H14N2O2/c1-7-6-10(8(2)5-9(7)13)14-11(15)3-4-12(14)16/h5-6H,3-4,13H2,1-2H3. The fourth-order valence-electron chi connectivity index (χ4n) is 1.91. The molecule has 84 valence electrons. The Balaban J connectivity index is 2.51. The van der Waals surface area contributed by atoms with E-state index in [4.69, 9.17) is 5.73 Å². The molecule has 0 aliphatic carbocycles. The van der Waals surface area contributed by atoms with Crippen molar-refractivity contribution in [1.29, 1.82) is 0 Å². The highest BCUT2D eigenvalue weighted by Crippen LogP contribution is 2.29. The van der Waals surface area contributed by atoms with Crippen molar-refractivity contribution in [1.82, 2.24) is 0 Å². The average Bonchev–Trinajstić information content (AvgIpc) is 2.53. The highest BCUT2D eigenvalue weighted by Gasteiger charge is 2.31.